The number of aryl methyl sites for hydroxylation is 1. The molecule has 1 fully saturated rings. The maximum Gasteiger partial charge on any atom is 0.305 e. The van der Waals surface area contributed by atoms with E-state index < -0.39 is 6.10 Å². The number of methoxy groups -OCH3 is 1. The fourth-order valence-corrected chi connectivity index (χ4v) is 1.86. The van der Waals surface area contributed by atoms with Crippen LogP contribution in [0.15, 0.2) is 24.3 Å². The highest BCUT2D eigenvalue weighted by atomic mass is 16.5. The van der Waals surface area contributed by atoms with Crippen LogP contribution >= 0.6 is 0 Å². The van der Waals surface area contributed by atoms with Gasteiger partial charge in [0.2, 0.25) is 0 Å². The van der Waals surface area contributed by atoms with Gasteiger partial charge in [-0.05, 0) is 17.5 Å². The lowest BCUT2D eigenvalue weighted by molar-refractivity contribution is -0.140. The molecule has 1 saturated heterocycles. The first-order chi connectivity index (χ1) is 8.69. The molecule has 0 amide bonds. The molecule has 1 N–H and O–H groups in total. The van der Waals surface area contributed by atoms with E-state index in [2.05, 4.69) is 9.64 Å². The monoisotopic (exact) mass is 249 g/mol. The Balaban J connectivity index is 1.85. The predicted molar refractivity (Wildman–Crippen MR) is 68.2 cm³/mol. The molecule has 18 heavy (non-hydrogen) atoms. The van der Waals surface area contributed by atoms with Gasteiger partial charge in [-0.25, -0.2) is 0 Å². The molecule has 0 saturated carbocycles. The van der Waals surface area contributed by atoms with Gasteiger partial charge in [-0.3, -0.25) is 9.69 Å². The Hall–Kier alpha value is -1.39. The van der Waals surface area contributed by atoms with Gasteiger partial charge >= 0.3 is 5.97 Å². The number of rotatable bonds is 6. The number of carbonyl (C=O) groups excluding carboxylic acids is 1. The minimum atomic E-state index is -0.415. The zero-order valence-corrected chi connectivity index (χ0v) is 10.6. The van der Waals surface area contributed by atoms with Crippen LogP contribution in [0.2, 0.25) is 0 Å². The molecule has 2 rings (SSSR count). The largest absolute Gasteiger partial charge is 0.469 e. The molecule has 1 aliphatic heterocycles. The minimum absolute atomic E-state index is 0.194. The molecule has 1 aliphatic rings. The van der Waals surface area contributed by atoms with E-state index in [1.807, 2.05) is 24.3 Å². The van der Waals surface area contributed by atoms with Crippen molar-refractivity contribution in [2.75, 3.05) is 26.7 Å². The van der Waals surface area contributed by atoms with Crippen molar-refractivity contribution in [3.05, 3.63) is 35.4 Å². The summed E-state index contributed by atoms with van der Waals surface area (Å²) in [5.41, 5.74) is 2.02. The molecule has 4 nitrogen and oxygen atoms in total. The fourth-order valence-electron chi connectivity index (χ4n) is 1.86. The van der Waals surface area contributed by atoms with E-state index >= 15 is 0 Å². The molecule has 1 aromatic carbocycles. The average Bonchev–Trinajstić information content (AvgIpc) is 3.20. The number of aliphatic hydroxyl groups excluding tert-OH is 1. The van der Waals surface area contributed by atoms with Gasteiger partial charge in [0.15, 0.2) is 0 Å². The standard InChI is InChI=1S/C14H19NO3/c1-18-14(17)7-4-11-2-5-12(6-3-11)13(16)10-15-8-9-15/h2-3,5-6,13,16H,4,7-10H2,1H3/t13-/m0/s1. The Kier molecular flexibility index (Phi) is 4.33. The SMILES string of the molecule is COC(=O)CCc1ccc([C@@H](O)CN2CC2)cc1. The van der Waals surface area contributed by atoms with Crippen molar-refractivity contribution in [1.29, 1.82) is 0 Å². The summed E-state index contributed by atoms with van der Waals surface area (Å²) in [7, 11) is 1.40. The summed E-state index contributed by atoms with van der Waals surface area (Å²) in [5.74, 6) is -0.194. The van der Waals surface area contributed by atoms with E-state index in [9.17, 15) is 9.90 Å². The van der Waals surface area contributed by atoms with E-state index in [0.29, 0.717) is 19.4 Å². The summed E-state index contributed by atoms with van der Waals surface area (Å²) in [6, 6.07) is 7.79. The Labute approximate surface area is 107 Å². The zero-order valence-electron chi connectivity index (χ0n) is 10.6. The van der Waals surface area contributed by atoms with Crippen molar-refractivity contribution >= 4 is 5.97 Å². The molecule has 1 aromatic rings. The van der Waals surface area contributed by atoms with Crippen molar-refractivity contribution in [2.24, 2.45) is 0 Å². The van der Waals surface area contributed by atoms with Gasteiger partial charge in [0, 0.05) is 26.1 Å². The number of hydrogen-bond acceptors (Lipinski definition) is 4. The number of carbonyl (C=O) groups is 1. The molecule has 1 heterocycles. The molecule has 0 radical (unpaired) electrons. The highest BCUT2D eigenvalue weighted by molar-refractivity contribution is 5.69. The lowest BCUT2D eigenvalue weighted by Crippen LogP contribution is -2.11. The van der Waals surface area contributed by atoms with E-state index in [0.717, 1.165) is 24.2 Å². The molecular formula is C14H19NO3. The number of esters is 1. The first-order valence-corrected chi connectivity index (χ1v) is 6.25. The van der Waals surface area contributed by atoms with E-state index in [1.54, 1.807) is 0 Å². The van der Waals surface area contributed by atoms with Crippen LogP contribution in [-0.4, -0.2) is 42.7 Å². The van der Waals surface area contributed by atoms with Crippen LogP contribution in [0.4, 0.5) is 0 Å². The zero-order chi connectivity index (χ0) is 13.0. The van der Waals surface area contributed by atoms with Crippen LogP contribution in [0.25, 0.3) is 0 Å². The molecule has 0 unspecified atom stereocenters. The minimum Gasteiger partial charge on any atom is -0.469 e. The van der Waals surface area contributed by atoms with Gasteiger partial charge in [0.05, 0.1) is 13.2 Å². The summed E-state index contributed by atoms with van der Waals surface area (Å²) in [4.78, 5) is 13.2. The maximum absolute atomic E-state index is 11.0. The Morgan fingerprint density at radius 2 is 2.06 bits per heavy atom. The summed E-state index contributed by atoms with van der Waals surface area (Å²) in [5, 5.41) is 9.96. The van der Waals surface area contributed by atoms with Crippen LogP contribution in [0, 0.1) is 0 Å². The van der Waals surface area contributed by atoms with Crippen molar-refractivity contribution in [2.45, 2.75) is 18.9 Å². The Morgan fingerprint density at radius 1 is 1.39 bits per heavy atom. The smallest absolute Gasteiger partial charge is 0.305 e. The summed E-state index contributed by atoms with van der Waals surface area (Å²) in [6.07, 6.45) is 0.656. The quantitative estimate of drug-likeness (QED) is 0.607. The van der Waals surface area contributed by atoms with Crippen LogP contribution in [0.5, 0.6) is 0 Å². The number of ether oxygens (including phenoxy) is 1. The van der Waals surface area contributed by atoms with Gasteiger partial charge in [0.25, 0.3) is 0 Å². The van der Waals surface area contributed by atoms with E-state index in [1.165, 1.54) is 7.11 Å². The summed E-state index contributed by atoms with van der Waals surface area (Å²) < 4.78 is 4.60. The number of β-amino-alcohol motifs (C(OH)–C–C–N with tert-alkyl or cyclic N) is 1. The molecular weight excluding hydrogens is 230 g/mol. The third-order valence-electron chi connectivity index (χ3n) is 3.18. The number of aliphatic hydroxyl groups is 1. The molecule has 0 aromatic heterocycles. The van der Waals surface area contributed by atoms with Crippen LogP contribution in [0.1, 0.15) is 23.7 Å². The van der Waals surface area contributed by atoms with E-state index in [-0.39, 0.29) is 5.97 Å². The second-order valence-corrected chi connectivity index (χ2v) is 4.63. The fraction of sp³-hybridized carbons (Fsp3) is 0.500. The highest BCUT2D eigenvalue weighted by Gasteiger charge is 2.21. The molecule has 4 heteroatoms. The first-order valence-electron chi connectivity index (χ1n) is 6.25. The topological polar surface area (TPSA) is 49.5 Å². The second kappa shape index (κ2) is 5.98. The van der Waals surface area contributed by atoms with Crippen molar-refractivity contribution in [3.8, 4) is 0 Å². The lowest BCUT2D eigenvalue weighted by Gasteiger charge is -2.11. The molecule has 98 valence electrons. The van der Waals surface area contributed by atoms with Crippen molar-refractivity contribution in [3.63, 3.8) is 0 Å². The summed E-state index contributed by atoms with van der Waals surface area (Å²) >= 11 is 0. The highest BCUT2D eigenvalue weighted by Crippen LogP contribution is 2.18. The number of hydrogen-bond donors (Lipinski definition) is 1. The first kappa shape index (κ1) is 13.1. The number of nitrogens with zero attached hydrogens (tertiary/aromatic N) is 1. The predicted octanol–water partition coefficient (Wildman–Crippen LogP) is 1.14. The summed E-state index contributed by atoms with van der Waals surface area (Å²) in [6.45, 7) is 2.89. The molecule has 0 bridgehead atoms. The lowest BCUT2D eigenvalue weighted by atomic mass is 10.0. The van der Waals surface area contributed by atoms with Crippen LogP contribution < -0.4 is 0 Å². The molecule has 0 aliphatic carbocycles. The van der Waals surface area contributed by atoms with Crippen LogP contribution in [0.3, 0.4) is 0 Å². The van der Waals surface area contributed by atoms with Gasteiger partial charge in [-0.15, -0.1) is 0 Å². The Morgan fingerprint density at radius 3 is 2.61 bits per heavy atom. The maximum atomic E-state index is 11.0. The molecule has 1 atom stereocenters. The Bertz CT molecular complexity index is 398. The average molecular weight is 249 g/mol. The van der Waals surface area contributed by atoms with Gasteiger partial charge < -0.3 is 9.84 Å². The van der Waals surface area contributed by atoms with Crippen molar-refractivity contribution < 1.29 is 14.6 Å². The van der Waals surface area contributed by atoms with Gasteiger partial charge in [-0.1, -0.05) is 24.3 Å². The molecule has 0 spiro atoms. The van der Waals surface area contributed by atoms with E-state index in [4.69, 9.17) is 0 Å². The van der Waals surface area contributed by atoms with Gasteiger partial charge in [0.1, 0.15) is 0 Å². The second-order valence-electron chi connectivity index (χ2n) is 4.63. The van der Waals surface area contributed by atoms with Crippen molar-refractivity contribution in [1.82, 2.24) is 4.90 Å². The third kappa shape index (κ3) is 3.82. The number of benzene rings is 1. The van der Waals surface area contributed by atoms with Crippen LogP contribution in [-0.2, 0) is 16.0 Å². The van der Waals surface area contributed by atoms with Gasteiger partial charge in [-0.2, -0.15) is 0 Å². The third-order valence-corrected chi connectivity index (χ3v) is 3.18. The normalized spacial score (nSPS) is 16.3.